The number of allylic oxidation sites excluding steroid dienone is 2. The minimum atomic E-state index is -3.52. The molecule has 7 heteroatoms. The van der Waals surface area contributed by atoms with Gasteiger partial charge in [0.05, 0.1) is 10.8 Å². The van der Waals surface area contributed by atoms with E-state index in [2.05, 4.69) is 0 Å². The molecule has 146 valence electrons. The van der Waals surface area contributed by atoms with Gasteiger partial charge in [0.1, 0.15) is 0 Å². The Balaban J connectivity index is 2.33. The molecule has 1 aliphatic rings. The van der Waals surface area contributed by atoms with E-state index in [1.807, 2.05) is 0 Å². The third-order valence-electron chi connectivity index (χ3n) is 4.87. The number of hydrogen-bond donors (Lipinski definition) is 1. The Bertz CT molecular complexity index is 1160. The molecule has 2 aromatic rings. The van der Waals surface area contributed by atoms with Crippen LogP contribution in [0.5, 0.6) is 0 Å². The van der Waals surface area contributed by atoms with E-state index >= 15 is 0 Å². The van der Waals surface area contributed by atoms with E-state index in [9.17, 15) is 27.1 Å². The van der Waals surface area contributed by atoms with Crippen LogP contribution in [0.4, 0.5) is 8.78 Å². The number of sulfone groups is 1. The molecule has 1 atom stereocenters. The fraction of sp³-hybridized carbons (Fsp3) is 0.190. The van der Waals surface area contributed by atoms with Gasteiger partial charge in [-0.3, -0.25) is 4.79 Å². The largest absolute Gasteiger partial charge is 0.481 e. The predicted molar refractivity (Wildman–Crippen MR) is 103 cm³/mol. The van der Waals surface area contributed by atoms with Gasteiger partial charge in [0, 0.05) is 6.26 Å². The van der Waals surface area contributed by atoms with Gasteiger partial charge in [0.15, 0.2) is 21.5 Å². The molecule has 0 heterocycles. The number of hydrogen-bond acceptors (Lipinski definition) is 3. The molecular formula is C21H18F2O4S. The number of carboxylic acid groups (broad SMARTS) is 1. The van der Waals surface area contributed by atoms with Gasteiger partial charge < -0.3 is 5.11 Å². The van der Waals surface area contributed by atoms with E-state index in [4.69, 9.17) is 0 Å². The maximum Gasteiger partial charge on any atom is 0.310 e. The van der Waals surface area contributed by atoms with Crippen LogP contribution >= 0.6 is 0 Å². The quantitative estimate of drug-likeness (QED) is 0.819. The van der Waals surface area contributed by atoms with E-state index in [-0.39, 0.29) is 4.90 Å². The van der Waals surface area contributed by atoms with Crippen molar-refractivity contribution in [3.05, 3.63) is 70.3 Å². The first-order valence-electron chi connectivity index (χ1n) is 8.47. The van der Waals surface area contributed by atoms with Crippen molar-refractivity contribution >= 4 is 33.0 Å². The summed E-state index contributed by atoms with van der Waals surface area (Å²) in [5.41, 5.74) is 2.41. The lowest BCUT2D eigenvalue weighted by Crippen LogP contribution is -2.11. The van der Waals surface area contributed by atoms with Gasteiger partial charge in [-0.05, 0) is 71.5 Å². The zero-order chi connectivity index (χ0) is 20.8. The molecule has 0 spiro atoms. The first kappa shape index (κ1) is 19.9. The molecular weight excluding hydrogens is 386 g/mol. The van der Waals surface area contributed by atoms with Crippen LogP contribution in [-0.4, -0.2) is 25.7 Å². The SMILES string of the molecule is CC1=C(C(C)C(=O)O)c2cc(F)c(F)cc2/C1=C\c1ccccc1S(C)(=O)=O. The van der Waals surface area contributed by atoms with Crippen molar-refractivity contribution in [3.8, 4) is 0 Å². The van der Waals surface area contributed by atoms with Crippen molar-refractivity contribution in [2.75, 3.05) is 6.26 Å². The molecule has 0 aromatic heterocycles. The summed E-state index contributed by atoms with van der Waals surface area (Å²) in [5.74, 6) is -4.17. The van der Waals surface area contributed by atoms with Crippen LogP contribution in [0.1, 0.15) is 30.5 Å². The molecule has 0 saturated carbocycles. The second-order valence-corrected chi connectivity index (χ2v) is 8.76. The molecule has 0 bridgehead atoms. The zero-order valence-electron chi connectivity index (χ0n) is 15.5. The van der Waals surface area contributed by atoms with Crippen LogP contribution in [0.3, 0.4) is 0 Å². The maximum absolute atomic E-state index is 13.9. The van der Waals surface area contributed by atoms with Crippen molar-refractivity contribution in [1.29, 1.82) is 0 Å². The predicted octanol–water partition coefficient (Wildman–Crippen LogP) is 4.42. The molecule has 3 rings (SSSR count). The van der Waals surface area contributed by atoms with Gasteiger partial charge in [-0.25, -0.2) is 17.2 Å². The first-order valence-corrected chi connectivity index (χ1v) is 10.4. The Morgan fingerprint density at radius 2 is 1.68 bits per heavy atom. The number of aliphatic carboxylic acids is 1. The monoisotopic (exact) mass is 404 g/mol. The molecule has 0 fully saturated rings. The van der Waals surface area contributed by atoms with Gasteiger partial charge in [-0.15, -0.1) is 0 Å². The van der Waals surface area contributed by atoms with Crippen LogP contribution in [0.2, 0.25) is 0 Å². The summed E-state index contributed by atoms with van der Waals surface area (Å²) in [6, 6.07) is 8.34. The number of carboxylic acids is 1. The summed E-state index contributed by atoms with van der Waals surface area (Å²) in [7, 11) is -3.52. The summed E-state index contributed by atoms with van der Waals surface area (Å²) in [6.45, 7) is 3.14. The third kappa shape index (κ3) is 3.38. The summed E-state index contributed by atoms with van der Waals surface area (Å²) in [5, 5.41) is 9.44. The van der Waals surface area contributed by atoms with Crippen LogP contribution in [-0.2, 0) is 14.6 Å². The van der Waals surface area contributed by atoms with E-state index in [0.717, 1.165) is 18.4 Å². The minimum Gasteiger partial charge on any atom is -0.481 e. The topological polar surface area (TPSA) is 71.4 Å². The molecule has 1 N–H and O–H groups in total. The van der Waals surface area contributed by atoms with Crippen LogP contribution in [0.25, 0.3) is 17.2 Å². The van der Waals surface area contributed by atoms with Crippen LogP contribution < -0.4 is 0 Å². The van der Waals surface area contributed by atoms with Crippen molar-refractivity contribution in [2.24, 2.45) is 5.92 Å². The molecule has 0 amide bonds. The molecule has 0 radical (unpaired) electrons. The average molecular weight is 404 g/mol. The average Bonchev–Trinajstić information content (AvgIpc) is 2.86. The van der Waals surface area contributed by atoms with Crippen LogP contribution in [0.15, 0.2) is 46.9 Å². The molecule has 2 aromatic carbocycles. The summed E-state index contributed by atoms with van der Waals surface area (Å²) < 4.78 is 52.0. The summed E-state index contributed by atoms with van der Waals surface area (Å²) in [4.78, 5) is 11.6. The fourth-order valence-corrected chi connectivity index (χ4v) is 4.38. The van der Waals surface area contributed by atoms with Gasteiger partial charge in [0.25, 0.3) is 0 Å². The van der Waals surface area contributed by atoms with Gasteiger partial charge in [-0.2, -0.15) is 0 Å². The lowest BCUT2D eigenvalue weighted by molar-refractivity contribution is -0.139. The molecule has 0 aliphatic heterocycles. The van der Waals surface area contributed by atoms with E-state index in [1.54, 1.807) is 31.2 Å². The standard InChI is InChI=1S/C21H18F2O4S/c1-11-14(8-13-6-4-5-7-19(13)28(3,26)27)15-9-17(22)18(23)10-16(15)20(11)12(2)21(24)25/h4-10,12H,1-3H3,(H,24,25)/b14-8-. The summed E-state index contributed by atoms with van der Waals surface area (Å²) >= 11 is 0. The Morgan fingerprint density at radius 3 is 2.25 bits per heavy atom. The number of fused-ring (bicyclic) bond motifs is 1. The van der Waals surface area contributed by atoms with Gasteiger partial charge in [0.2, 0.25) is 0 Å². The lowest BCUT2D eigenvalue weighted by Gasteiger charge is -2.11. The molecule has 4 nitrogen and oxygen atoms in total. The van der Waals surface area contributed by atoms with Crippen molar-refractivity contribution < 1.29 is 27.1 Å². The highest BCUT2D eigenvalue weighted by molar-refractivity contribution is 7.90. The van der Waals surface area contributed by atoms with Crippen molar-refractivity contribution in [1.82, 2.24) is 0 Å². The number of halogens is 2. The highest BCUT2D eigenvalue weighted by Gasteiger charge is 2.32. The van der Waals surface area contributed by atoms with E-state index in [1.165, 1.54) is 13.0 Å². The van der Waals surface area contributed by atoms with Crippen molar-refractivity contribution in [2.45, 2.75) is 18.7 Å². The summed E-state index contributed by atoms with van der Waals surface area (Å²) in [6.07, 6.45) is 2.66. The zero-order valence-corrected chi connectivity index (χ0v) is 16.3. The Labute approximate surface area is 161 Å². The van der Waals surface area contributed by atoms with Gasteiger partial charge in [-0.1, -0.05) is 18.2 Å². The molecule has 0 saturated heterocycles. The Hall–Kier alpha value is -2.80. The number of benzene rings is 2. The molecule has 1 aliphatic carbocycles. The Morgan fingerprint density at radius 1 is 1.11 bits per heavy atom. The number of rotatable bonds is 4. The minimum absolute atomic E-state index is 0.0965. The number of carbonyl (C=O) groups is 1. The molecule has 28 heavy (non-hydrogen) atoms. The highest BCUT2D eigenvalue weighted by atomic mass is 32.2. The lowest BCUT2D eigenvalue weighted by atomic mass is 9.93. The van der Waals surface area contributed by atoms with E-state index in [0.29, 0.717) is 33.4 Å². The maximum atomic E-state index is 13.9. The fourth-order valence-electron chi connectivity index (χ4n) is 3.50. The first-order chi connectivity index (χ1) is 13.0. The van der Waals surface area contributed by atoms with E-state index < -0.39 is 33.4 Å². The third-order valence-corrected chi connectivity index (χ3v) is 6.04. The van der Waals surface area contributed by atoms with Crippen LogP contribution in [0, 0.1) is 17.6 Å². The highest BCUT2D eigenvalue weighted by Crippen LogP contribution is 2.46. The second-order valence-electron chi connectivity index (χ2n) is 6.78. The Kier molecular flexibility index (Phi) is 4.97. The second kappa shape index (κ2) is 6.98. The smallest absolute Gasteiger partial charge is 0.310 e. The molecule has 1 unspecified atom stereocenters. The van der Waals surface area contributed by atoms with Crippen molar-refractivity contribution in [3.63, 3.8) is 0 Å². The van der Waals surface area contributed by atoms with Gasteiger partial charge >= 0.3 is 5.97 Å². The normalized spacial score (nSPS) is 16.4.